The van der Waals surface area contributed by atoms with Crippen LogP contribution in [0.25, 0.3) is 0 Å². The van der Waals surface area contributed by atoms with Crippen molar-refractivity contribution in [1.29, 1.82) is 0 Å². The van der Waals surface area contributed by atoms with Crippen LogP contribution in [0.2, 0.25) is 0 Å². The molecule has 1 rings (SSSR count). The third kappa shape index (κ3) is 5.62. The van der Waals surface area contributed by atoms with Crippen molar-refractivity contribution in [1.82, 2.24) is 9.80 Å². The molecule has 1 aliphatic heterocycles. The maximum atomic E-state index is 12.3. The average Bonchev–Trinajstić information content (AvgIpc) is 2.70. The predicted octanol–water partition coefficient (Wildman–Crippen LogP) is -0.181. The Morgan fingerprint density at radius 3 is 2.33 bits per heavy atom. The van der Waals surface area contributed by atoms with E-state index in [2.05, 4.69) is 0 Å². The summed E-state index contributed by atoms with van der Waals surface area (Å²) in [5.41, 5.74) is 0. The van der Waals surface area contributed by atoms with E-state index in [9.17, 15) is 18.0 Å². The second kappa shape index (κ2) is 7.74. The van der Waals surface area contributed by atoms with Gasteiger partial charge in [0.15, 0.2) is 9.84 Å². The molecule has 1 unspecified atom stereocenters. The predicted molar refractivity (Wildman–Crippen MR) is 78.8 cm³/mol. The maximum Gasteiger partial charge on any atom is 0.317 e. The van der Waals surface area contributed by atoms with Gasteiger partial charge >= 0.3 is 5.97 Å². The molecule has 0 aliphatic carbocycles. The first-order chi connectivity index (χ1) is 9.79. The molecule has 7 nitrogen and oxygen atoms in total. The Hall–Kier alpha value is -1.15. The van der Waals surface area contributed by atoms with E-state index < -0.39 is 15.8 Å². The summed E-state index contributed by atoms with van der Waals surface area (Å²) in [6, 6.07) is -0.277. The van der Waals surface area contributed by atoms with Gasteiger partial charge in [-0.1, -0.05) is 6.92 Å². The Labute approximate surface area is 125 Å². The van der Waals surface area contributed by atoms with E-state index in [0.717, 1.165) is 6.42 Å². The van der Waals surface area contributed by atoms with E-state index in [0.29, 0.717) is 19.5 Å². The number of carboxylic acids is 1. The number of likely N-dealkylation sites (N-methyl/N-ethyl adjacent to an activating group) is 1. The van der Waals surface area contributed by atoms with Crippen LogP contribution in [0, 0.1) is 0 Å². The lowest BCUT2D eigenvalue weighted by molar-refractivity contribution is -0.140. The maximum absolute atomic E-state index is 12.3. The molecule has 21 heavy (non-hydrogen) atoms. The standard InChI is InChI=1S/C13H24N2O5S/c1-3-6-14(9-13(17)18)8-12(16)15(4-2)11-5-7-21(19,20)10-11/h11H,3-10H2,1-2H3,(H,17,18). The minimum Gasteiger partial charge on any atom is -0.480 e. The third-order valence-electron chi connectivity index (χ3n) is 3.57. The fourth-order valence-corrected chi connectivity index (χ4v) is 4.39. The lowest BCUT2D eigenvalue weighted by Crippen LogP contribution is -2.47. The van der Waals surface area contributed by atoms with Gasteiger partial charge in [-0.15, -0.1) is 0 Å². The average molecular weight is 320 g/mol. The number of sulfone groups is 1. The molecule has 0 aromatic heterocycles. The van der Waals surface area contributed by atoms with Gasteiger partial charge in [0.2, 0.25) is 5.91 Å². The summed E-state index contributed by atoms with van der Waals surface area (Å²) in [6.07, 6.45) is 1.22. The Morgan fingerprint density at radius 1 is 1.24 bits per heavy atom. The van der Waals surface area contributed by atoms with Crippen molar-refractivity contribution < 1.29 is 23.1 Å². The Balaban J connectivity index is 2.67. The zero-order valence-electron chi connectivity index (χ0n) is 12.6. The number of carbonyl (C=O) groups excluding carboxylic acids is 1. The van der Waals surface area contributed by atoms with E-state index in [1.807, 2.05) is 13.8 Å². The Bertz CT molecular complexity index is 477. The molecule has 0 aromatic carbocycles. The molecular weight excluding hydrogens is 296 g/mol. The van der Waals surface area contributed by atoms with Crippen molar-refractivity contribution in [2.24, 2.45) is 0 Å². The van der Waals surface area contributed by atoms with Gasteiger partial charge in [-0.2, -0.15) is 0 Å². The summed E-state index contributed by atoms with van der Waals surface area (Å²) >= 11 is 0. The van der Waals surface area contributed by atoms with E-state index >= 15 is 0 Å². The SMILES string of the molecule is CCCN(CC(=O)O)CC(=O)N(CC)C1CCS(=O)(=O)C1. The van der Waals surface area contributed by atoms with Crippen LogP contribution in [0.4, 0.5) is 0 Å². The first-order valence-electron chi connectivity index (χ1n) is 7.23. The summed E-state index contributed by atoms with van der Waals surface area (Å²) in [5, 5.41) is 8.85. The molecule has 1 amide bonds. The summed E-state index contributed by atoms with van der Waals surface area (Å²) < 4.78 is 23.1. The fourth-order valence-electron chi connectivity index (χ4n) is 2.66. The van der Waals surface area contributed by atoms with Crippen molar-refractivity contribution in [3.63, 3.8) is 0 Å². The number of amides is 1. The number of rotatable bonds is 8. The van der Waals surface area contributed by atoms with Crippen LogP contribution in [0.5, 0.6) is 0 Å². The van der Waals surface area contributed by atoms with E-state index in [-0.39, 0.29) is 36.5 Å². The highest BCUT2D eigenvalue weighted by molar-refractivity contribution is 7.91. The molecule has 1 atom stereocenters. The van der Waals surface area contributed by atoms with Gasteiger partial charge in [-0.3, -0.25) is 14.5 Å². The van der Waals surface area contributed by atoms with Gasteiger partial charge in [0.05, 0.1) is 24.6 Å². The van der Waals surface area contributed by atoms with Crippen LogP contribution in [-0.4, -0.2) is 78.9 Å². The fraction of sp³-hybridized carbons (Fsp3) is 0.846. The number of carboxylic acid groups (broad SMARTS) is 1. The zero-order chi connectivity index (χ0) is 16.0. The summed E-state index contributed by atoms with van der Waals surface area (Å²) in [5.74, 6) is -1.04. The number of nitrogens with zero attached hydrogens (tertiary/aromatic N) is 2. The minimum atomic E-state index is -3.04. The molecule has 1 saturated heterocycles. The smallest absolute Gasteiger partial charge is 0.317 e. The van der Waals surface area contributed by atoms with E-state index in [1.165, 1.54) is 0 Å². The highest BCUT2D eigenvalue weighted by atomic mass is 32.2. The van der Waals surface area contributed by atoms with Crippen LogP contribution in [-0.2, 0) is 19.4 Å². The summed E-state index contributed by atoms with van der Waals surface area (Å²) in [7, 11) is -3.04. The van der Waals surface area contributed by atoms with Gasteiger partial charge in [-0.05, 0) is 26.3 Å². The number of carbonyl (C=O) groups is 2. The number of hydrogen-bond acceptors (Lipinski definition) is 5. The molecule has 122 valence electrons. The van der Waals surface area contributed by atoms with Crippen LogP contribution < -0.4 is 0 Å². The molecule has 0 spiro atoms. The lowest BCUT2D eigenvalue weighted by Gasteiger charge is -2.29. The number of hydrogen-bond donors (Lipinski definition) is 1. The van der Waals surface area contributed by atoms with Gasteiger partial charge in [0.1, 0.15) is 0 Å². The lowest BCUT2D eigenvalue weighted by atomic mass is 10.2. The molecule has 1 aliphatic rings. The topological polar surface area (TPSA) is 95.0 Å². The number of aliphatic carboxylic acids is 1. The van der Waals surface area contributed by atoms with E-state index in [4.69, 9.17) is 5.11 Å². The zero-order valence-corrected chi connectivity index (χ0v) is 13.4. The van der Waals surface area contributed by atoms with Crippen molar-refractivity contribution in [3.8, 4) is 0 Å². The molecule has 1 N–H and O–H groups in total. The molecule has 1 heterocycles. The second-order valence-corrected chi connectivity index (χ2v) is 7.57. The van der Waals surface area contributed by atoms with Crippen LogP contribution in [0.3, 0.4) is 0 Å². The monoisotopic (exact) mass is 320 g/mol. The second-order valence-electron chi connectivity index (χ2n) is 5.34. The molecule has 0 bridgehead atoms. The minimum absolute atomic E-state index is 0.0132. The Kier molecular flexibility index (Phi) is 6.60. The van der Waals surface area contributed by atoms with Crippen molar-refractivity contribution in [2.75, 3.05) is 37.7 Å². The third-order valence-corrected chi connectivity index (χ3v) is 5.32. The van der Waals surface area contributed by atoms with Crippen molar-refractivity contribution in [2.45, 2.75) is 32.7 Å². The van der Waals surface area contributed by atoms with Crippen LogP contribution >= 0.6 is 0 Å². The summed E-state index contributed by atoms with van der Waals surface area (Å²) in [4.78, 5) is 26.3. The molecule has 0 aromatic rings. The van der Waals surface area contributed by atoms with Gasteiger partial charge in [-0.25, -0.2) is 8.42 Å². The van der Waals surface area contributed by atoms with Gasteiger partial charge in [0.25, 0.3) is 0 Å². The molecular formula is C13H24N2O5S. The molecule has 0 radical (unpaired) electrons. The quantitative estimate of drug-likeness (QED) is 0.666. The first-order valence-corrected chi connectivity index (χ1v) is 9.05. The highest BCUT2D eigenvalue weighted by Crippen LogP contribution is 2.18. The molecule has 0 saturated carbocycles. The van der Waals surface area contributed by atoms with E-state index in [1.54, 1.807) is 9.80 Å². The highest BCUT2D eigenvalue weighted by Gasteiger charge is 2.34. The molecule has 8 heteroatoms. The van der Waals surface area contributed by atoms with Crippen LogP contribution in [0.15, 0.2) is 0 Å². The largest absolute Gasteiger partial charge is 0.480 e. The summed E-state index contributed by atoms with van der Waals surface area (Å²) in [6.45, 7) is 4.53. The normalized spacial score (nSPS) is 20.6. The first kappa shape index (κ1) is 17.9. The molecule has 1 fully saturated rings. The Morgan fingerprint density at radius 2 is 1.90 bits per heavy atom. The van der Waals surface area contributed by atoms with Crippen molar-refractivity contribution in [3.05, 3.63) is 0 Å². The van der Waals surface area contributed by atoms with Crippen LogP contribution in [0.1, 0.15) is 26.7 Å². The van der Waals surface area contributed by atoms with Gasteiger partial charge < -0.3 is 10.0 Å². The van der Waals surface area contributed by atoms with Crippen molar-refractivity contribution >= 4 is 21.7 Å². The van der Waals surface area contributed by atoms with Gasteiger partial charge in [0, 0.05) is 12.6 Å².